The van der Waals surface area contributed by atoms with E-state index >= 15 is 0 Å². The van der Waals surface area contributed by atoms with E-state index in [1.165, 1.54) is 7.11 Å². The average Bonchev–Trinajstić information content (AvgIpc) is 2.41. The van der Waals surface area contributed by atoms with Gasteiger partial charge in [-0.15, -0.1) is 0 Å². The Morgan fingerprint density at radius 1 is 1.17 bits per heavy atom. The monoisotopic (exact) mass is 307 g/mol. The second-order valence-corrected chi connectivity index (χ2v) is 4.24. The molecule has 1 aromatic heterocycles. The molecule has 5 heteroatoms. The van der Waals surface area contributed by atoms with E-state index in [0.29, 0.717) is 16.1 Å². The molecule has 0 aliphatic carbocycles. The van der Waals surface area contributed by atoms with Crippen LogP contribution in [0.25, 0.3) is 0 Å². The maximum atomic E-state index is 11.4. The van der Waals surface area contributed by atoms with Gasteiger partial charge in [0.2, 0.25) is 5.88 Å². The summed E-state index contributed by atoms with van der Waals surface area (Å²) in [5.41, 5.74) is 0.201. The Bertz CT molecular complexity index is 557. The lowest BCUT2D eigenvalue weighted by Crippen LogP contribution is -2.05. The van der Waals surface area contributed by atoms with Crippen LogP contribution in [0.3, 0.4) is 0 Å². The van der Waals surface area contributed by atoms with Crippen molar-refractivity contribution < 1.29 is 14.3 Å². The van der Waals surface area contributed by atoms with Crippen LogP contribution >= 0.6 is 15.9 Å². The van der Waals surface area contributed by atoms with Gasteiger partial charge in [-0.25, -0.2) is 9.78 Å². The van der Waals surface area contributed by atoms with Gasteiger partial charge in [0.25, 0.3) is 0 Å². The van der Waals surface area contributed by atoms with E-state index in [9.17, 15) is 4.79 Å². The van der Waals surface area contributed by atoms with Crippen LogP contribution in [0.2, 0.25) is 0 Å². The first kappa shape index (κ1) is 12.6. The third-order valence-corrected chi connectivity index (χ3v) is 2.77. The van der Waals surface area contributed by atoms with Crippen molar-refractivity contribution in [3.05, 3.63) is 52.6 Å². The first-order valence-electron chi connectivity index (χ1n) is 5.18. The Kier molecular flexibility index (Phi) is 3.94. The van der Waals surface area contributed by atoms with Gasteiger partial charge in [0.05, 0.1) is 11.6 Å². The summed E-state index contributed by atoms with van der Waals surface area (Å²) < 4.78 is 10.9. The molecule has 0 radical (unpaired) electrons. The highest BCUT2D eigenvalue weighted by molar-refractivity contribution is 9.10. The van der Waals surface area contributed by atoms with Crippen LogP contribution in [0, 0.1) is 0 Å². The Hall–Kier alpha value is -1.88. The molecule has 2 aromatic rings. The molecule has 1 heterocycles. The van der Waals surface area contributed by atoms with Gasteiger partial charge in [-0.05, 0) is 40.2 Å². The molecule has 0 atom stereocenters. The normalized spacial score (nSPS) is 9.89. The number of esters is 1. The van der Waals surface area contributed by atoms with E-state index in [0.717, 1.165) is 0 Å². The zero-order valence-corrected chi connectivity index (χ0v) is 11.2. The first-order valence-corrected chi connectivity index (χ1v) is 5.98. The Balaban J connectivity index is 2.30. The van der Waals surface area contributed by atoms with E-state index in [1.807, 2.05) is 18.2 Å². The minimum atomic E-state index is -0.500. The van der Waals surface area contributed by atoms with Crippen LogP contribution in [-0.4, -0.2) is 18.1 Å². The topological polar surface area (TPSA) is 48.4 Å². The maximum absolute atomic E-state index is 11.4. The highest BCUT2D eigenvalue weighted by Crippen LogP contribution is 2.27. The number of hydrogen-bond donors (Lipinski definition) is 0. The molecule has 0 aliphatic heterocycles. The molecular formula is C13H10BrNO3. The fourth-order valence-corrected chi connectivity index (χ4v) is 1.62. The van der Waals surface area contributed by atoms with E-state index in [2.05, 4.69) is 25.7 Å². The van der Waals surface area contributed by atoms with Gasteiger partial charge in [-0.3, -0.25) is 0 Å². The van der Waals surface area contributed by atoms with Crippen molar-refractivity contribution in [2.75, 3.05) is 7.11 Å². The minimum Gasteiger partial charge on any atom is -0.464 e. The smallest absolute Gasteiger partial charge is 0.356 e. The lowest BCUT2D eigenvalue weighted by Gasteiger charge is -2.07. The Labute approximate surface area is 113 Å². The van der Waals surface area contributed by atoms with Crippen LogP contribution < -0.4 is 4.74 Å². The fourth-order valence-electron chi connectivity index (χ4n) is 1.31. The molecule has 0 amide bonds. The molecule has 0 fully saturated rings. The molecule has 4 nitrogen and oxygen atoms in total. The Morgan fingerprint density at radius 2 is 1.89 bits per heavy atom. The molecular weight excluding hydrogens is 298 g/mol. The summed E-state index contributed by atoms with van der Waals surface area (Å²) in [4.78, 5) is 15.5. The lowest BCUT2D eigenvalue weighted by atomic mass is 10.3. The zero-order valence-electron chi connectivity index (χ0n) is 9.59. The Morgan fingerprint density at radius 3 is 2.56 bits per heavy atom. The highest BCUT2D eigenvalue weighted by Gasteiger charge is 2.12. The molecule has 0 saturated heterocycles. The summed E-state index contributed by atoms with van der Waals surface area (Å²) in [6.07, 6.45) is 0. The number of hydrogen-bond acceptors (Lipinski definition) is 4. The molecule has 0 spiro atoms. The van der Waals surface area contributed by atoms with Crippen molar-refractivity contribution in [1.29, 1.82) is 0 Å². The second-order valence-electron chi connectivity index (χ2n) is 3.39. The number of nitrogens with zero attached hydrogens (tertiary/aromatic N) is 1. The van der Waals surface area contributed by atoms with E-state index in [4.69, 9.17) is 4.74 Å². The van der Waals surface area contributed by atoms with Gasteiger partial charge in [-0.1, -0.05) is 18.2 Å². The van der Waals surface area contributed by atoms with Gasteiger partial charge in [-0.2, -0.15) is 0 Å². The van der Waals surface area contributed by atoms with Crippen molar-refractivity contribution in [3.8, 4) is 11.6 Å². The predicted octanol–water partition coefficient (Wildman–Crippen LogP) is 3.42. The SMILES string of the molecule is COC(=O)c1ccc(Br)c(Oc2ccccc2)n1. The first-order chi connectivity index (χ1) is 8.70. The predicted molar refractivity (Wildman–Crippen MR) is 69.8 cm³/mol. The number of methoxy groups -OCH3 is 1. The standard InChI is InChI=1S/C13H10BrNO3/c1-17-13(16)11-8-7-10(14)12(15-11)18-9-5-3-2-4-6-9/h2-8H,1H3. The molecule has 1 aromatic carbocycles. The van der Waals surface area contributed by atoms with Crippen molar-refractivity contribution in [3.63, 3.8) is 0 Å². The van der Waals surface area contributed by atoms with Crippen LogP contribution in [0.1, 0.15) is 10.5 Å². The van der Waals surface area contributed by atoms with Crippen molar-refractivity contribution in [2.24, 2.45) is 0 Å². The van der Waals surface area contributed by atoms with Gasteiger partial charge in [0, 0.05) is 0 Å². The number of rotatable bonds is 3. The van der Waals surface area contributed by atoms with Crippen LogP contribution in [0.15, 0.2) is 46.9 Å². The van der Waals surface area contributed by atoms with Crippen LogP contribution in [0.4, 0.5) is 0 Å². The van der Waals surface area contributed by atoms with Gasteiger partial charge < -0.3 is 9.47 Å². The number of para-hydroxylation sites is 1. The average molecular weight is 308 g/mol. The zero-order chi connectivity index (χ0) is 13.0. The number of pyridine rings is 1. The van der Waals surface area contributed by atoms with E-state index in [-0.39, 0.29) is 5.69 Å². The third kappa shape index (κ3) is 2.87. The van der Waals surface area contributed by atoms with E-state index < -0.39 is 5.97 Å². The largest absolute Gasteiger partial charge is 0.464 e. The van der Waals surface area contributed by atoms with E-state index in [1.54, 1.807) is 24.3 Å². The molecule has 0 saturated carbocycles. The number of ether oxygens (including phenoxy) is 2. The van der Waals surface area contributed by atoms with Crippen molar-refractivity contribution in [1.82, 2.24) is 4.98 Å². The summed E-state index contributed by atoms with van der Waals surface area (Å²) in [7, 11) is 1.31. The highest BCUT2D eigenvalue weighted by atomic mass is 79.9. The van der Waals surface area contributed by atoms with Gasteiger partial charge in [0.1, 0.15) is 5.75 Å². The number of carbonyl (C=O) groups is 1. The van der Waals surface area contributed by atoms with Gasteiger partial charge >= 0.3 is 5.97 Å². The molecule has 18 heavy (non-hydrogen) atoms. The molecule has 2 rings (SSSR count). The van der Waals surface area contributed by atoms with Gasteiger partial charge in [0.15, 0.2) is 5.69 Å². The summed E-state index contributed by atoms with van der Waals surface area (Å²) in [6, 6.07) is 12.5. The van der Waals surface area contributed by atoms with Crippen LogP contribution in [0.5, 0.6) is 11.6 Å². The van der Waals surface area contributed by atoms with Crippen molar-refractivity contribution in [2.45, 2.75) is 0 Å². The fraction of sp³-hybridized carbons (Fsp3) is 0.0769. The quantitative estimate of drug-likeness (QED) is 0.815. The third-order valence-electron chi connectivity index (χ3n) is 2.17. The summed E-state index contributed by atoms with van der Waals surface area (Å²) >= 11 is 3.32. The lowest BCUT2D eigenvalue weighted by molar-refractivity contribution is 0.0593. The second kappa shape index (κ2) is 5.64. The molecule has 0 N–H and O–H groups in total. The maximum Gasteiger partial charge on any atom is 0.356 e. The molecule has 92 valence electrons. The van der Waals surface area contributed by atoms with Crippen LogP contribution in [-0.2, 0) is 4.74 Å². The number of benzene rings is 1. The minimum absolute atomic E-state index is 0.201. The number of halogens is 1. The number of carbonyl (C=O) groups excluding carboxylic acids is 1. The summed E-state index contributed by atoms with van der Waals surface area (Å²) in [6.45, 7) is 0. The summed E-state index contributed by atoms with van der Waals surface area (Å²) in [5.74, 6) is 0.470. The summed E-state index contributed by atoms with van der Waals surface area (Å²) in [5, 5.41) is 0. The molecule has 0 aliphatic rings. The molecule has 0 unspecified atom stereocenters. The number of aromatic nitrogens is 1. The molecule has 0 bridgehead atoms. The van der Waals surface area contributed by atoms with Crippen molar-refractivity contribution >= 4 is 21.9 Å².